The van der Waals surface area contributed by atoms with E-state index in [9.17, 15) is 5.11 Å². The predicted octanol–water partition coefficient (Wildman–Crippen LogP) is 5.87. The molecule has 1 unspecified atom stereocenters. The highest BCUT2D eigenvalue weighted by Crippen LogP contribution is 2.16. The van der Waals surface area contributed by atoms with E-state index in [0.717, 1.165) is 32.1 Å². The van der Waals surface area contributed by atoms with Gasteiger partial charge in [0.15, 0.2) is 6.29 Å². The fourth-order valence-electron chi connectivity index (χ4n) is 2.39. The quantitative estimate of drug-likeness (QED) is 0.361. The maximum absolute atomic E-state index is 9.94. The van der Waals surface area contributed by atoms with Crippen LogP contribution in [-0.4, -0.2) is 18.0 Å². The second-order valence-electron chi connectivity index (χ2n) is 7.28. The van der Waals surface area contributed by atoms with Crippen molar-refractivity contribution in [3.05, 3.63) is 23.3 Å². The van der Waals surface area contributed by atoms with Crippen molar-refractivity contribution in [2.24, 2.45) is 11.8 Å². The van der Waals surface area contributed by atoms with Crippen LogP contribution < -0.4 is 0 Å². The van der Waals surface area contributed by atoms with E-state index < -0.39 is 6.29 Å². The third kappa shape index (κ3) is 14.3. The van der Waals surface area contributed by atoms with Crippen LogP contribution in [-0.2, 0) is 4.74 Å². The van der Waals surface area contributed by atoms with Gasteiger partial charge in [0, 0.05) is 13.0 Å². The molecule has 0 rings (SSSR count). The molecule has 0 aliphatic rings. The van der Waals surface area contributed by atoms with Gasteiger partial charge in [0.05, 0.1) is 0 Å². The molecule has 0 aromatic rings. The fourth-order valence-corrected chi connectivity index (χ4v) is 2.39. The minimum Gasteiger partial charge on any atom is -0.368 e. The molecule has 0 saturated heterocycles. The zero-order chi connectivity index (χ0) is 17.0. The molecule has 0 heterocycles. The topological polar surface area (TPSA) is 29.5 Å². The third-order valence-corrected chi connectivity index (χ3v) is 3.95. The first-order valence-corrected chi connectivity index (χ1v) is 8.87. The second-order valence-corrected chi connectivity index (χ2v) is 7.28. The average molecular weight is 311 g/mol. The van der Waals surface area contributed by atoms with Gasteiger partial charge in [-0.2, -0.15) is 0 Å². The third-order valence-electron chi connectivity index (χ3n) is 3.95. The Bertz CT molecular complexity index is 323. The van der Waals surface area contributed by atoms with Crippen molar-refractivity contribution in [3.63, 3.8) is 0 Å². The summed E-state index contributed by atoms with van der Waals surface area (Å²) in [5.74, 6) is 1.15. The van der Waals surface area contributed by atoms with Gasteiger partial charge in [-0.3, -0.25) is 0 Å². The number of aliphatic hydroxyl groups is 1. The lowest BCUT2D eigenvalue weighted by Crippen LogP contribution is -2.17. The van der Waals surface area contributed by atoms with Crippen molar-refractivity contribution in [3.8, 4) is 0 Å². The van der Waals surface area contributed by atoms with E-state index >= 15 is 0 Å². The van der Waals surface area contributed by atoms with Crippen molar-refractivity contribution >= 4 is 0 Å². The Hall–Kier alpha value is -0.600. The predicted molar refractivity (Wildman–Crippen MR) is 96.9 cm³/mol. The number of hydrogen-bond acceptors (Lipinski definition) is 2. The molecular formula is C20H38O2. The Kier molecular flexibility index (Phi) is 12.5. The highest BCUT2D eigenvalue weighted by molar-refractivity contribution is 4.93. The molecule has 0 fully saturated rings. The molecule has 0 aliphatic carbocycles. The highest BCUT2D eigenvalue weighted by atomic mass is 16.6. The Balaban J connectivity index is 3.69. The number of rotatable bonds is 12. The molecule has 0 aromatic carbocycles. The van der Waals surface area contributed by atoms with Gasteiger partial charge in [0.25, 0.3) is 0 Å². The summed E-state index contributed by atoms with van der Waals surface area (Å²) in [4.78, 5) is 0. The molecular weight excluding hydrogens is 272 g/mol. The lowest BCUT2D eigenvalue weighted by atomic mass is 10.0. The zero-order valence-corrected chi connectivity index (χ0v) is 15.7. The maximum Gasteiger partial charge on any atom is 0.154 e. The minimum absolute atomic E-state index is 0.501. The molecule has 2 heteroatoms. The van der Waals surface area contributed by atoms with Gasteiger partial charge < -0.3 is 9.84 Å². The van der Waals surface area contributed by atoms with Crippen LogP contribution in [0.4, 0.5) is 0 Å². The van der Waals surface area contributed by atoms with E-state index in [1.807, 2.05) is 0 Å². The van der Waals surface area contributed by atoms with Crippen molar-refractivity contribution in [1.29, 1.82) is 0 Å². The summed E-state index contributed by atoms with van der Waals surface area (Å²) in [6, 6.07) is 0. The molecule has 2 nitrogen and oxygen atoms in total. The maximum atomic E-state index is 9.94. The van der Waals surface area contributed by atoms with Gasteiger partial charge >= 0.3 is 0 Å². The molecule has 0 bridgehead atoms. The van der Waals surface area contributed by atoms with Gasteiger partial charge in [0.1, 0.15) is 0 Å². The SMILES string of the molecule is CC(C)=CCCC(C)C[C@H](O)OCC[C@H](C)CCC=C(C)C. The van der Waals surface area contributed by atoms with Gasteiger partial charge in [-0.05, 0) is 71.6 Å². The number of ether oxygens (including phenoxy) is 1. The molecule has 3 atom stereocenters. The molecule has 22 heavy (non-hydrogen) atoms. The molecule has 1 N–H and O–H groups in total. The Morgan fingerprint density at radius 3 is 1.86 bits per heavy atom. The molecule has 0 aliphatic heterocycles. The molecule has 0 saturated carbocycles. The summed E-state index contributed by atoms with van der Waals surface area (Å²) in [6.07, 6.45) is 10.3. The monoisotopic (exact) mass is 310 g/mol. The van der Waals surface area contributed by atoms with Crippen LogP contribution >= 0.6 is 0 Å². The van der Waals surface area contributed by atoms with E-state index in [1.54, 1.807) is 0 Å². The summed E-state index contributed by atoms with van der Waals surface area (Å²) < 4.78 is 5.56. The van der Waals surface area contributed by atoms with Gasteiger partial charge in [-0.25, -0.2) is 0 Å². The Morgan fingerprint density at radius 1 is 0.864 bits per heavy atom. The summed E-state index contributed by atoms with van der Waals surface area (Å²) in [7, 11) is 0. The summed E-state index contributed by atoms with van der Waals surface area (Å²) >= 11 is 0. The van der Waals surface area contributed by atoms with Gasteiger partial charge in [-0.15, -0.1) is 0 Å². The van der Waals surface area contributed by atoms with E-state index in [1.165, 1.54) is 17.6 Å². The van der Waals surface area contributed by atoms with E-state index in [2.05, 4.69) is 53.7 Å². The van der Waals surface area contributed by atoms with Crippen molar-refractivity contribution < 1.29 is 9.84 Å². The van der Waals surface area contributed by atoms with E-state index in [0.29, 0.717) is 18.4 Å². The number of aliphatic hydroxyl groups excluding tert-OH is 1. The Morgan fingerprint density at radius 2 is 1.36 bits per heavy atom. The van der Waals surface area contributed by atoms with E-state index in [4.69, 9.17) is 4.74 Å². The van der Waals surface area contributed by atoms with Crippen molar-refractivity contribution in [2.45, 2.75) is 86.4 Å². The molecule has 0 aromatic heterocycles. The fraction of sp³-hybridized carbons (Fsp3) is 0.800. The number of allylic oxidation sites excluding steroid dienone is 4. The lowest BCUT2D eigenvalue weighted by Gasteiger charge is -2.18. The minimum atomic E-state index is -0.605. The van der Waals surface area contributed by atoms with Crippen molar-refractivity contribution in [1.82, 2.24) is 0 Å². The standard InChI is InChI=1S/C20H38O2/c1-16(2)9-7-11-18(5)13-14-22-20(21)15-19(6)12-8-10-17(3)4/h9-10,18-21H,7-8,11-15H2,1-6H3/t18-,19?,20-/m1/s1. The van der Waals surface area contributed by atoms with Crippen molar-refractivity contribution in [2.75, 3.05) is 6.61 Å². The van der Waals surface area contributed by atoms with Crippen LogP contribution in [0.5, 0.6) is 0 Å². The largest absolute Gasteiger partial charge is 0.368 e. The molecule has 0 amide bonds. The summed E-state index contributed by atoms with van der Waals surface area (Å²) in [5.41, 5.74) is 2.76. The van der Waals surface area contributed by atoms with Crippen LogP contribution in [0.25, 0.3) is 0 Å². The first-order chi connectivity index (χ1) is 10.3. The lowest BCUT2D eigenvalue weighted by molar-refractivity contribution is -0.113. The second kappa shape index (κ2) is 12.9. The van der Waals surface area contributed by atoms with Crippen LogP contribution in [0.1, 0.15) is 80.1 Å². The first-order valence-electron chi connectivity index (χ1n) is 8.87. The van der Waals surface area contributed by atoms with Crippen LogP contribution in [0, 0.1) is 11.8 Å². The van der Waals surface area contributed by atoms with Crippen LogP contribution in [0.2, 0.25) is 0 Å². The van der Waals surface area contributed by atoms with Gasteiger partial charge in [0.2, 0.25) is 0 Å². The Labute approximate surface area is 138 Å². The first kappa shape index (κ1) is 21.4. The van der Waals surface area contributed by atoms with E-state index in [-0.39, 0.29) is 0 Å². The summed E-state index contributed by atoms with van der Waals surface area (Å²) in [5, 5.41) is 9.94. The normalized spacial score (nSPS) is 15.0. The molecule has 130 valence electrons. The molecule has 0 radical (unpaired) electrons. The summed E-state index contributed by atoms with van der Waals surface area (Å²) in [6.45, 7) is 13.6. The average Bonchev–Trinajstić information content (AvgIpc) is 2.37. The van der Waals surface area contributed by atoms with Gasteiger partial charge in [-0.1, -0.05) is 37.1 Å². The molecule has 0 spiro atoms. The number of hydrogen-bond donors (Lipinski definition) is 1. The van der Waals surface area contributed by atoms with Crippen LogP contribution in [0.15, 0.2) is 23.3 Å². The zero-order valence-electron chi connectivity index (χ0n) is 15.7. The van der Waals surface area contributed by atoms with Crippen LogP contribution in [0.3, 0.4) is 0 Å². The highest BCUT2D eigenvalue weighted by Gasteiger charge is 2.11. The smallest absolute Gasteiger partial charge is 0.154 e.